The van der Waals surface area contributed by atoms with Crippen LogP contribution in [0.25, 0.3) is 0 Å². The van der Waals surface area contributed by atoms with Crippen LogP contribution in [-0.4, -0.2) is 23.9 Å². The molecular formula is C14H20F3NO. The monoisotopic (exact) mass is 275 g/mol. The highest BCUT2D eigenvalue weighted by molar-refractivity contribution is 5.22. The molecule has 2 nitrogen and oxygen atoms in total. The van der Waals surface area contributed by atoms with Crippen molar-refractivity contribution < 1.29 is 18.3 Å². The molecule has 0 saturated carbocycles. The molecule has 0 saturated heterocycles. The first-order chi connectivity index (χ1) is 8.79. The molecule has 1 aromatic rings. The van der Waals surface area contributed by atoms with Crippen molar-refractivity contribution in [1.82, 2.24) is 5.32 Å². The van der Waals surface area contributed by atoms with E-state index in [9.17, 15) is 13.2 Å². The number of nitrogens with one attached hydrogen (secondary N) is 1. The van der Waals surface area contributed by atoms with Crippen LogP contribution < -0.4 is 5.32 Å². The lowest BCUT2D eigenvalue weighted by molar-refractivity contribution is -0.201. The summed E-state index contributed by atoms with van der Waals surface area (Å²) in [5.74, 6) is 0.575. The van der Waals surface area contributed by atoms with E-state index < -0.39 is 18.8 Å². The number of halogens is 3. The lowest BCUT2D eigenvalue weighted by Gasteiger charge is -2.15. The van der Waals surface area contributed by atoms with Gasteiger partial charge in [-0.15, -0.1) is 0 Å². The van der Waals surface area contributed by atoms with E-state index in [0.717, 1.165) is 12.0 Å². The van der Waals surface area contributed by atoms with Gasteiger partial charge < -0.3 is 10.4 Å². The molecule has 108 valence electrons. The molecule has 0 bridgehead atoms. The minimum absolute atomic E-state index is 0.315. The van der Waals surface area contributed by atoms with Crippen molar-refractivity contribution in [3.63, 3.8) is 0 Å². The summed E-state index contributed by atoms with van der Waals surface area (Å²) in [6.45, 7) is 4.09. The van der Waals surface area contributed by atoms with Gasteiger partial charge in [-0.25, -0.2) is 0 Å². The fraction of sp³-hybridized carbons (Fsp3) is 0.571. The van der Waals surface area contributed by atoms with Gasteiger partial charge in [-0.05, 0) is 23.5 Å². The Hall–Kier alpha value is -1.07. The summed E-state index contributed by atoms with van der Waals surface area (Å²) in [7, 11) is 0. The standard InChI is InChI=1S/C14H20F3NO/c1-10(2)7-11-3-5-12(6-4-11)8-18-9-13(19)14(15,16)17/h3-6,10,13,18-19H,7-9H2,1-2H3. The number of hydrogen-bond acceptors (Lipinski definition) is 2. The first-order valence-corrected chi connectivity index (χ1v) is 6.32. The number of aliphatic hydroxyl groups is 1. The fourth-order valence-electron chi connectivity index (χ4n) is 1.73. The van der Waals surface area contributed by atoms with Gasteiger partial charge >= 0.3 is 6.18 Å². The van der Waals surface area contributed by atoms with E-state index in [0.29, 0.717) is 12.5 Å². The van der Waals surface area contributed by atoms with Gasteiger partial charge in [0.1, 0.15) is 0 Å². The van der Waals surface area contributed by atoms with Crippen molar-refractivity contribution in [3.05, 3.63) is 35.4 Å². The van der Waals surface area contributed by atoms with Gasteiger partial charge in [0.2, 0.25) is 0 Å². The second kappa shape index (κ2) is 6.91. The highest BCUT2D eigenvalue weighted by Crippen LogP contribution is 2.19. The minimum Gasteiger partial charge on any atom is -0.382 e. The van der Waals surface area contributed by atoms with Crippen molar-refractivity contribution in [2.24, 2.45) is 5.92 Å². The number of aliphatic hydroxyl groups excluding tert-OH is 1. The van der Waals surface area contributed by atoms with Gasteiger partial charge in [0.05, 0.1) is 0 Å². The van der Waals surface area contributed by atoms with Crippen LogP contribution in [0.3, 0.4) is 0 Å². The van der Waals surface area contributed by atoms with Crippen molar-refractivity contribution >= 4 is 0 Å². The molecule has 0 amide bonds. The van der Waals surface area contributed by atoms with E-state index in [-0.39, 0.29) is 0 Å². The topological polar surface area (TPSA) is 32.3 Å². The lowest BCUT2D eigenvalue weighted by atomic mass is 10.0. The summed E-state index contributed by atoms with van der Waals surface area (Å²) < 4.78 is 36.2. The quantitative estimate of drug-likeness (QED) is 0.836. The van der Waals surface area contributed by atoms with Crippen LogP contribution in [0.2, 0.25) is 0 Å². The van der Waals surface area contributed by atoms with Gasteiger partial charge in [0.25, 0.3) is 0 Å². The number of benzene rings is 1. The molecule has 1 atom stereocenters. The molecule has 5 heteroatoms. The summed E-state index contributed by atoms with van der Waals surface area (Å²) in [5, 5.41) is 11.4. The first-order valence-electron chi connectivity index (χ1n) is 6.32. The molecule has 0 fully saturated rings. The van der Waals surface area contributed by atoms with E-state index in [1.165, 1.54) is 5.56 Å². The van der Waals surface area contributed by atoms with Gasteiger partial charge in [-0.3, -0.25) is 0 Å². The number of hydrogen-bond donors (Lipinski definition) is 2. The predicted octanol–water partition coefficient (Wildman–Crippen LogP) is 2.90. The zero-order valence-electron chi connectivity index (χ0n) is 11.2. The Morgan fingerprint density at radius 2 is 1.63 bits per heavy atom. The van der Waals surface area contributed by atoms with Gasteiger partial charge in [0.15, 0.2) is 6.10 Å². The summed E-state index contributed by atoms with van der Waals surface area (Å²) in [5.41, 5.74) is 2.12. The summed E-state index contributed by atoms with van der Waals surface area (Å²) in [4.78, 5) is 0. The average molecular weight is 275 g/mol. The molecule has 1 rings (SSSR count). The average Bonchev–Trinajstić information content (AvgIpc) is 2.29. The molecule has 0 aliphatic carbocycles. The number of rotatable bonds is 6. The summed E-state index contributed by atoms with van der Waals surface area (Å²) in [6, 6.07) is 7.75. The van der Waals surface area contributed by atoms with E-state index in [1.807, 2.05) is 24.3 Å². The Morgan fingerprint density at radius 1 is 1.11 bits per heavy atom. The smallest absolute Gasteiger partial charge is 0.382 e. The second-order valence-electron chi connectivity index (χ2n) is 5.10. The molecule has 19 heavy (non-hydrogen) atoms. The van der Waals surface area contributed by atoms with Gasteiger partial charge in [-0.1, -0.05) is 38.1 Å². The molecule has 0 heterocycles. The lowest BCUT2D eigenvalue weighted by Crippen LogP contribution is -2.38. The maximum Gasteiger partial charge on any atom is 0.415 e. The molecule has 2 N–H and O–H groups in total. The number of alkyl halides is 3. The van der Waals surface area contributed by atoms with Crippen LogP contribution in [0, 0.1) is 5.92 Å². The maximum absolute atomic E-state index is 12.1. The SMILES string of the molecule is CC(C)Cc1ccc(CNCC(O)C(F)(F)F)cc1. The van der Waals surface area contributed by atoms with Crippen molar-refractivity contribution in [1.29, 1.82) is 0 Å². The van der Waals surface area contributed by atoms with Gasteiger partial charge in [0, 0.05) is 13.1 Å². The Bertz CT molecular complexity index is 373. The highest BCUT2D eigenvalue weighted by atomic mass is 19.4. The van der Waals surface area contributed by atoms with Crippen molar-refractivity contribution in [2.75, 3.05) is 6.54 Å². The van der Waals surface area contributed by atoms with Crippen LogP contribution in [0.1, 0.15) is 25.0 Å². The molecule has 0 aliphatic heterocycles. The minimum atomic E-state index is -4.56. The van der Waals surface area contributed by atoms with E-state index in [2.05, 4.69) is 19.2 Å². The molecule has 0 radical (unpaired) electrons. The molecule has 1 aromatic carbocycles. The normalized spacial score (nSPS) is 13.8. The Labute approximate surface area is 111 Å². The zero-order chi connectivity index (χ0) is 14.5. The third kappa shape index (κ3) is 6.07. The molecular weight excluding hydrogens is 255 g/mol. The molecule has 0 aliphatic rings. The zero-order valence-corrected chi connectivity index (χ0v) is 11.2. The van der Waals surface area contributed by atoms with E-state index in [1.54, 1.807) is 0 Å². The Kier molecular flexibility index (Phi) is 5.82. The van der Waals surface area contributed by atoms with E-state index in [4.69, 9.17) is 5.11 Å². The highest BCUT2D eigenvalue weighted by Gasteiger charge is 2.37. The van der Waals surface area contributed by atoms with Crippen LogP contribution in [0.4, 0.5) is 13.2 Å². The van der Waals surface area contributed by atoms with Crippen LogP contribution >= 0.6 is 0 Å². The predicted molar refractivity (Wildman–Crippen MR) is 68.8 cm³/mol. The van der Waals surface area contributed by atoms with Crippen molar-refractivity contribution in [3.8, 4) is 0 Å². The van der Waals surface area contributed by atoms with Crippen LogP contribution in [-0.2, 0) is 13.0 Å². The molecule has 1 unspecified atom stereocenters. The fourth-order valence-corrected chi connectivity index (χ4v) is 1.73. The largest absolute Gasteiger partial charge is 0.415 e. The molecule has 0 aromatic heterocycles. The van der Waals surface area contributed by atoms with Crippen LogP contribution in [0.15, 0.2) is 24.3 Å². The van der Waals surface area contributed by atoms with Crippen LogP contribution in [0.5, 0.6) is 0 Å². The van der Waals surface area contributed by atoms with Gasteiger partial charge in [-0.2, -0.15) is 13.2 Å². The third-order valence-electron chi connectivity index (χ3n) is 2.71. The summed E-state index contributed by atoms with van der Waals surface area (Å²) in [6.07, 6.45) is -5.89. The summed E-state index contributed by atoms with van der Waals surface area (Å²) >= 11 is 0. The van der Waals surface area contributed by atoms with Crippen molar-refractivity contribution in [2.45, 2.75) is 39.1 Å². The Morgan fingerprint density at radius 3 is 2.11 bits per heavy atom. The molecule has 0 spiro atoms. The third-order valence-corrected chi connectivity index (χ3v) is 2.71. The second-order valence-corrected chi connectivity index (χ2v) is 5.10. The first kappa shape index (κ1) is 16.0. The maximum atomic E-state index is 12.1. The Balaban J connectivity index is 2.38. The van der Waals surface area contributed by atoms with E-state index >= 15 is 0 Å².